The van der Waals surface area contributed by atoms with E-state index in [0.717, 1.165) is 0 Å². The van der Waals surface area contributed by atoms with Crippen molar-refractivity contribution in [3.05, 3.63) is 25.9 Å². The van der Waals surface area contributed by atoms with Crippen LogP contribution >= 0.6 is 0 Å². The fraction of sp³-hybridized carbons (Fsp3) is 0. The minimum atomic E-state index is -1.03. The molecule has 9 heteroatoms. The number of nitro groups is 2. The van der Waals surface area contributed by atoms with Gasteiger partial charge in [0.2, 0.25) is 0 Å². The quantitative estimate of drug-likeness (QED) is 0.509. The number of hydrogen-bond donors (Lipinski definition) is 1. The van der Waals surface area contributed by atoms with Crippen LogP contribution in [0.3, 0.4) is 0 Å². The summed E-state index contributed by atoms with van der Waals surface area (Å²) in [5.74, 6) is -0.887. The van der Waals surface area contributed by atoms with Gasteiger partial charge in [0.15, 0.2) is 0 Å². The molecule has 0 radical (unpaired) electrons. The maximum Gasteiger partial charge on any atom is 0.423 e. The zero-order chi connectivity index (χ0) is 10.0. The van der Waals surface area contributed by atoms with Crippen molar-refractivity contribution in [3.8, 4) is 6.07 Å². The predicted molar refractivity (Wildman–Crippen MR) is 36.6 cm³/mol. The lowest BCUT2D eigenvalue weighted by atomic mass is 10.4. The van der Waals surface area contributed by atoms with Crippen LogP contribution in [0.15, 0.2) is 0 Å². The number of nitrogens with zero attached hydrogens (tertiary/aromatic N) is 4. The topological polar surface area (TPSA) is 139 Å². The van der Waals surface area contributed by atoms with Crippen LogP contribution < -0.4 is 0 Å². The van der Waals surface area contributed by atoms with Gasteiger partial charge >= 0.3 is 11.5 Å². The van der Waals surface area contributed by atoms with Crippen molar-refractivity contribution in [1.82, 2.24) is 10.2 Å². The molecular weight excluding hydrogens is 182 g/mol. The second kappa shape index (κ2) is 2.86. The predicted octanol–water partition coefficient (Wildman–Crippen LogP) is 0.0978. The van der Waals surface area contributed by atoms with Crippen LogP contribution in [0.1, 0.15) is 5.69 Å². The van der Waals surface area contributed by atoms with Gasteiger partial charge in [-0.25, -0.2) is 0 Å². The molecule has 1 aromatic heterocycles. The molecule has 0 saturated heterocycles. The van der Waals surface area contributed by atoms with Crippen LogP contribution in [0.4, 0.5) is 11.5 Å². The summed E-state index contributed by atoms with van der Waals surface area (Å²) in [4.78, 5) is 18.4. The molecule has 1 N–H and O–H groups in total. The Morgan fingerprint density at radius 2 is 2.00 bits per heavy atom. The molecule has 0 spiro atoms. The first-order valence-corrected chi connectivity index (χ1v) is 2.85. The van der Waals surface area contributed by atoms with E-state index in [1.807, 2.05) is 0 Å². The highest BCUT2D eigenvalue weighted by Gasteiger charge is 2.32. The Morgan fingerprint density at radius 3 is 2.38 bits per heavy atom. The van der Waals surface area contributed by atoms with Crippen LogP contribution in [0, 0.1) is 31.6 Å². The Bertz CT molecular complexity index is 415. The average molecular weight is 183 g/mol. The van der Waals surface area contributed by atoms with Crippen LogP contribution in [0.25, 0.3) is 0 Å². The highest BCUT2D eigenvalue weighted by molar-refractivity contribution is 5.55. The summed E-state index contributed by atoms with van der Waals surface area (Å²) < 4.78 is 0. The Labute approximate surface area is 69.9 Å². The molecule has 0 aromatic carbocycles. The molecule has 13 heavy (non-hydrogen) atoms. The van der Waals surface area contributed by atoms with E-state index in [1.54, 1.807) is 5.10 Å². The lowest BCUT2D eigenvalue weighted by Crippen LogP contribution is -1.95. The molecule has 0 saturated carbocycles. The number of aromatic amines is 1. The van der Waals surface area contributed by atoms with Crippen molar-refractivity contribution in [2.75, 3.05) is 0 Å². The zero-order valence-corrected chi connectivity index (χ0v) is 5.92. The zero-order valence-electron chi connectivity index (χ0n) is 5.92. The third-order valence-corrected chi connectivity index (χ3v) is 1.19. The minimum Gasteiger partial charge on any atom is -0.358 e. The Kier molecular flexibility index (Phi) is 1.89. The van der Waals surface area contributed by atoms with Crippen molar-refractivity contribution in [2.24, 2.45) is 0 Å². The molecule has 1 heterocycles. The van der Waals surface area contributed by atoms with Crippen molar-refractivity contribution >= 4 is 11.5 Å². The van der Waals surface area contributed by atoms with Crippen LogP contribution in [-0.4, -0.2) is 20.0 Å². The molecule has 1 rings (SSSR count). The van der Waals surface area contributed by atoms with Gasteiger partial charge in [-0.15, -0.1) is 5.10 Å². The summed E-state index contributed by atoms with van der Waals surface area (Å²) in [5.41, 5.74) is -1.51. The molecule has 66 valence electrons. The first kappa shape index (κ1) is 8.60. The highest BCUT2D eigenvalue weighted by Crippen LogP contribution is 2.26. The summed E-state index contributed by atoms with van der Waals surface area (Å²) in [6.45, 7) is 0. The van der Waals surface area contributed by atoms with Gasteiger partial charge in [-0.1, -0.05) is 5.10 Å². The fourth-order valence-corrected chi connectivity index (χ4v) is 0.705. The number of aromatic nitrogens is 2. The number of nitrogens with one attached hydrogen (secondary N) is 1. The summed E-state index contributed by atoms with van der Waals surface area (Å²) >= 11 is 0. The van der Waals surface area contributed by atoms with E-state index in [-0.39, 0.29) is 0 Å². The first-order valence-electron chi connectivity index (χ1n) is 2.85. The summed E-state index contributed by atoms with van der Waals surface area (Å²) in [5, 5.41) is 33.6. The molecule has 1 aromatic rings. The van der Waals surface area contributed by atoms with Crippen LogP contribution in [0.5, 0.6) is 0 Å². The fourth-order valence-electron chi connectivity index (χ4n) is 0.705. The lowest BCUT2D eigenvalue weighted by molar-refractivity contribution is -0.424. The second-order valence-electron chi connectivity index (χ2n) is 1.90. The van der Waals surface area contributed by atoms with E-state index in [2.05, 4.69) is 5.10 Å². The maximum absolute atomic E-state index is 10.3. The van der Waals surface area contributed by atoms with Crippen LogP contribution in [-0.2, 0) is 0 Å². The van der Waals surface area contributed by atoms with E-state index >= 15 is 0 Å². The molecule has 0 unspecified atom stereocenters. The monoisotopic (exact) mass is 183 g/mol. The summed E-state index contributed by atoms with van der Waals surface area (Å²) in [6, 6.07) is 1.36. The average Bonchev–Trinajstić information content (AvgIpc) is 2.46. The molecule has 0 fully saturated rings. The standard InChI is InChI=1S/C4HN5O4/c5-1-2-3(8(10)11)4(7-6-2)9(12)13/h(H,6,7). The molecule has 0 atom stereocenters. The molecule has 0 aliphatic rings. The molecule has 0 aliphatic carbocycles. The van der Waals surface area contributed by atoms with Gasteiger partial charge in [0.1, 0.15) is 6.07 Å². The van der Waals surface area contributed by atoms with Gasteiger partial charge in [-0.3, -0.25) is 10.1 Å². The van der Waals surface area contributed by atoms with Gasteiger partial charge < -0.3 is 10.1 Å². The van der Waals surface area contributed by atoms with E-state index in [4.69, 9.17) is 5.26 Å². The number of rotatable bonds is 2. The van der Waals surface area contributed by atoms with Crippen molar-refractivity contribution in [1.29, 1.82) is 5.26 Å². The number of hydrogen-bond acceptors (Lipinski definition) is 6. The Balaban J connectivity index is 3.41. The van der Waals surface area contributed by atoms with Crippen molar-refractivity contribution in [3.63, 3.8) is 0 Å². The third kappa shape index (κ3) is 1.27. The van der Waals surface area contributed by atoms with E-state index in [9.17, 15) is 20.2 Å². The molecule has 0 aliphatic heterocycles. The van der Waals surface area contributed by atoms with Gasteiger partial charge in [0, 0.05) is 0 Å². The lowest BCUT2D eigenvalue weighted by Gasteiger charge is -1.87. The van der Waals surface area contributed by atoms with E-state index in [0.29, 0.717) is 0 Å². The number of nitriles is 1. The third-order valence-electron chi connectivity index (χ3n) is 1.19. The SMILES string of the molecule is N#Cc1n[nH]c([N+](=O)[O-])c1[N+](=O)[O-]. The smallest absolute Gasteiger partial charge is 0.358 e. The molecular formula is C4HN5O4. The minimum absolute atomic E-state index is 0.600. The first-order chi connectivity index (χ1) is 6.07. The van der Waals surface area contributed by atoms with Gasteiger partial charge in [-0.2, -0.15) is 5.26 Å². The summed E-state index contributed by atoms with van der Waals surface area (Å²) in [7, 11) is 0. The molecule has 0 amide bonds. The normalized spacial score (nSPS) is 9.15. The highest BCUT2D eigenvalue weighted by atomic mass is 16.6. The van der Waals surface area contributed by atoms with E-state index < -0.39 is 27.0 Å². The molecule has 9 nitrogen and oxygen atoms in total. The maximum atomic E-state index is 10.3. The van der Waals surface area contributed by atoms with Gasteiger partial charge in [0.25, 0.3) is 5.69 Å². The Hall–Kier alpha value is -2.50. The van der Waals surface area contributed by atoms with Crippen LogP contribution in [0.2, 0.25) is 0 Å². The van der Waals surface area contributed by atoms with Gasteiger partial charge in [-0.05, 0) is 4.92 Å². The van der Waals surface area contributed by atoms with E-state index in [1.165, 1.54) is 6.07 Å². The second-order valence-corrected chi connectivity index (χ2v) is 1.90. The largest absolute Gasteiger partial charge is 0.423 e. The number of H-pyrrole nitrogens is 1. The van der Waals surface area contributed by atoms with Gasteiger partial charge in [0.05, 0.1) is 4.92 Å². The van der Waals surface area contributed by atoms with Crippen molar-refractivity contribution in [2.45, 2.75) is 0 Å². The van der Waals surface area contributed by atoms with Crippen molar-refractivity contribution < 1.29 is 9.85 Å². The molecule has 0 bridgehead atoms. The Morgan fingerprint density at radius 1 is 1.38 bits per heavy atom. The summed E-state index contributed by atoms with van der Waals surface area (Å²) in [6.07, 6.45) is 0.